The monoisotopic (exact) mass is 434 g/mol. The van der Waals surface area contributed by atoms with Gasteiger partial charge in [-0.3, -0.25) is 4.57 Å². The summed E-state index contributed by atoms with van der Waals surface area (Å²) in [6, 6.07) is 8.93. The molecule has 32 heavy (non-hydrogen) atoms. The molecule has 4 aromatic rings. The van der Waals surface area contributed by atoms with E-state index in [-0.39, 0.29) is 12.6 Å². The lowest BCUT2D eigenvalue weighted by molar-refractivity contribution is 0.0535. The number of aliphatic hydroxyl groups excluding tert-OH is 1. The third-order valence-electron chi connectivity index (χ3n) is 5.91. The first-order valence-corrected chi connectivity index (χ1v) is 10.2. The van der Waals surface area contributed by atoms with Crippen molar-refractivity contribution in [1.29, 1.82) is 0 Å². The molecule has 9 heteroatoms. The summed E-state index contributed by atoms with van der Waals surface area (Å²) >= 11 is 0. The molecule has 0 radical (unpaired) electrons. The Morgan fingerprint density at radius 3 is 2.94 bits per heavy atom. The van der Waals surface area contributed by atoms with E-state index in [1.165, 1.54) is 4.57 Å². The summed E-state index contributed by atoms with van der Waals surface area (Å²) in [6.07, 6.45) is 2.93. The van der Waals surface area contributed by atoms with Crippen LogP contribution in [-0.4, -0.2) is 32.0 Å². The number of aromatic nitrogens is 3. The van der Waals surface area contributed by atoms with Crippen molar-refractivity contribution in [2.45, 2.75) is 26.2 Å². The van der Waals surface area contributed by atoms with Crippen molar-refractivity contribution in [2.75, 3.05) is 6.54 Å². The minimum Gasteiger partial charge on any atom is -0.457 e. The molecular formula is C23H22N4O5. The number of rotatable bonds is 6. The van der Waals surface area contributed by atoms with Crippen molar-refractivity contribution in [1.82, 2.24) is 19.7 Å². The van der Waals surface area contributed by atoms with Crippen molar-refractivity contribution in [3.8, 4) is 5.69 Å². The summed E-state index contributed by atoms with van der Waals surface area (Å²) in [4.78, 5) is 23.4. The van der Waals surface area contributed by atoms with Crippen LogP contribution in [0.3, 0.4) is 0 Å². The average Bonchev–Trinajstić information content (AvgIpc) is 3.47. The van der Waals surface area contributed by atoms with Gasteiger partial charge in [-0.1, -0.05) is 6.07 Å². The number of aryl methyl sites for hydroxylation is 1. The molecule has 0 amide bonds. The van der Waals surface area contributed by atoms with Gasteiger partial charge in [0, 0.05) is 37.5 Å². The summed E-state index contributed by atoms with van der Waals surface area (Å²) in [5.74, 6) is -0.716. The number of esters is 1. The van der Waals surface area contributed by atoms with Gasteiger partial charge in [-0.05, 0) is 42.3 Å². The summed E-state index contributed by atoms with van der Waals surface area (Å²) in [7, 11) is 1.66. The van der Waals surface area contributed by atoms with Crippen LogP contribution >= 0.6 is 0 Å². The summed E-state index contributed by atoms with van der Waals surface area (Å²) < 4.78 is 13.4. The van der Waals surface area contributed by atoms with Gasteiger partial charge in [-0.2, -0.15) is 5.10 Å². The second-order valence-electron chi connectivity index (χ2n) is 7.90. The first-order chi connectivity index (χ1) is 15.4. The molecule has 0 spiro atoms. The summed E-state index contributed by atoms with van der Waals surface area (Å²) in [5, 5.41) is 18.3. The number of ether oxygens (including phenoxy) is 1. The maximum Gasteiger partial charge on any atom is 0.419 e. The number of fused-ring (bicyclic) bond motifs is 2. The highest BCUT2D eigenvalue weighted by atomic mass is 16.5. The number of aliphatic hydroxyl groups is 1. The quantitative estimate of drug-likeness (QED) is 0.447. The zero-order valence-electron chi connectivity index (χ0n) is 17.7. The van der Waals surface area contributed by atoms with Crippen LogP contribution in [0.1, 0.15) is 38.7 Å². The number of nitrogens with zero attached hydrogens (tertiary/aromatic N) is 3. The molecule has 0 aliphatic carbocycles. The highest BCUT2D eigenvalue weighted by molar-refractivity contribution is 5.94. The fourth-order valence-electron chi connectivity index (χ4n) is 4.04. The number of carbonyl (C=O) groups is 1. The number of nitrogens with one attached hydrogen (secondary N) is 1. The fourth-order valence-corrected chi connectivity index (χ4v) is 4.04. The maximum atomic E-state index is 11.7. The largest absolute Gasteiger partial charge is 0.457 e. The summed E-state index contributed by atoms with van der Waals surface area (Å²) in [6.45, 7) is 3.03. The molecule has 164 valence electrons. The molecule has 1 unspecified atom stereocenters. The normalized spacial score (nSPS) is 14.0. The molecule has 1 aliphatic rings. The number of benzene rings is 2. The van der Waals surface area contributed by atoms with Gasteiger partial charge in [0.15, 0.2) is 5.58 Å². The van der Waals surface area contributed by atoms with Gasteiger partial charge in [0.1, 0.15) is 6.61 Å². The van der Waals surface area contributed by atoms with Gasteiger partial charge in [0.2, 0.25) is 0 Å². The summed E-state index contributed by atoms with van der Waals surface area (Å²) in [5.41, 5.74) is 6.08. The van der Waals surface area contributed by atoms with Gasteiger partial charge in [0.25, 0.3) is 0 Å². The third kappa shape index (κ3) is 3.41. The molecule has 0 bridgehead atoms. The van der Waals surface area contributed by atoms with Crippen LogP contribution in [0.4, 0.5) is 0 Å². The standard InChI is InChI=1S/C23H22N4O5/c1-13-16(4-5-17-18(13)12-31-22(17)29)20(28)10-24-8-14-9-25-27(11-14)15-3-6-21-19(7-15)26(2)23(30)32-21/h3-7,9,11,20,24,28H,8,10,12H2,1-2H3. The highest BCUT2D eigenvalue weighted by Crippen LogP contribution is 2.29. The Morgan fingerprint density at radius 2 is 2.09 bits per heavy atom. The number of cyclic esters (lactones) is 1. The van der Waals surface area contributed by atoms with E-state index in [0.717, 1.165) is 27.9 Å². The molecule has 1 atom stereocenters. The first kappa shape index (κ1) is 20.2. The number of carbonyl (C=O) groups excluding carboxylic acids is 1. The van der Waals surface area contributed by atoms with Gasteiger partial charge in [-0.25, -0.2) is 14.3 Å². The van der Waals surface area contributed by atoms with Crippen LogP contribution < -0.4 is 11.1 Å². The van der Waals surface area contributed by atoms with Crippen molar-refractivity contribution in [3.63, 3.8) is 0 Å². The lowest BCUT2D eigenvalue weighted by atomic mass is 9.95. The second-order valence-corrected chi connectivity index (χ2v) is 7.90. The lowest BCUT2D eigenvalue weighted by Gasteiger charge is -2.16. The Hall–Kier alpha value is -3.69. The van der Waals surface area contributed by atoms with Crippen molar-refractivity contribution in [3.05, 3.63) is 81.1 Å². The molecule has 2 N–H and O–H groups in total. The molecule has 0 saturated heterocycles. The number of oxazole rings is 1. The van der Waals surface area contributed by atoms with E-state index in [1.54, 1.807) is 36.1 Å². The maximum absolute atomic E-state index is 11.7. The first-order valence-electron chi connectivity index (χ1n) is 10.2. The fraction of sp³-hybridized carbons (Fsp3) is 0.261. The van der Waals surface area contributed by atoms with E-state index in [9.17, 15) is 14.7 Å². The molecule has 1 aliphatic heterocycles. The molecule has 0 saturated carbocycles. The van der Waals surface area contributed by atoms with Crippen LogP contribution in [0.25, 0.3) is 16.8 Å². The molecule has 2 aromatic heterocycles. The third-order valence-corrected chi connectivity index (χ3v) is 5.91. The Kier molecular flexibility index (Phi) is 4.91. The van der Waals surface area contributed by atoms with Gasteiger partial charge >= 0.3 is 11.7 Å². The molecule has 3 heterocycles. The van der Waals surface area contributed by atoms with Crippen LogP contribution in [0.2, 0.25) is 0 Å². The molecule has 5 rings (SSSR count). The van der Waals surface area contributed by atoms with E-state index in [1.807, 2.05) is 25.3 Å². The Balaban J connectivity index is 1.25. The Labute approximate surface area is 182 Å². The predicted molar refractivity (Wildman–Crippen MR) is 116 cm³/mol. The minimum atomic E-state index is -0.712. The number of hydrogen-bond donors (Lipinski definition) is 2. The number of hydrogen-bond acceptors (Lipinski definition) is 7. The molecule has 9 nitrogen and oxygen atoms in total. The van der Waals surface area contributed by atoms with Crippen LogP contribution in [0, 0.1) is 6.92 Å². The van der Waals surface area contributed by atoms with E-state index >= 15 is 0 Å². The van der Waals surface area contributed by atoms with Crippen LogP contribution in [0.5, 0.6) is 0 Å². The predicted octanol–water partition coefficient (Wildman–Crippen LogP) is 2.12. The molecular weight excluding hydrogens is 412 g/mol. The van der Waals surface area contributed by atoms with E-state index in [0.29, 0.717) is 29.8 Å². The second kappa shape index (κ2) is 7.77. The molecule has 2 aromatic carbocycles. The zero-order valence-corrected chi connectivity index (χ0v) is 17.7. The van der Waals surface area contributed by atoms with E-state index < -0.39 is 11.9 Å². The van der Waals surface area contributed by atoms with Gasteiger partial charge < -0.3 is 19.6 Å². The van der Waals surface area contributed by atoms with Gasteiger partial charge in [-0.15, -0.1) is 0 Å². The van der Waals surface area contributed by atoms with Crippen molar-refractivity contribution < 1.29 is 19.1 Å². The zero-order chi connectivity index (χ0) is 22.4. The van der Waals surface area contributed by atoms with Crippen molar-refractivity contribution >= 4 is 17.1 Å². The Morgan fingerprint density at radius 1 is 1.25 bits per heavy atom. The highest BCUT2D eigenvalue weighted by Gasteiger charge is 2.25. The van der Waals surface area contributed by atoms with E-state index in [4.69, 9.17) is 9.15 Å². The van der Waals surface area contributed by atoms with Crippen molar-refractivity contribution in [2.24, 2.45) is 7.05 Å². The Bertz CT molecular complexity index is 1400. The molecule has 0 fully saturated rings. The lowest BCUT2D eigenvalue weighted by Crippen LogP contribution is -2.21. The van der Waals surface area contributed by atoms with Crippen LogP contribution in [0.15, 0.2) is 51.9 Å². The van der Waals surface area contributed by atoms with Crippen LogP contribution in [-0.2, 0) is 24.9 Å². The average molecular weight is 434 g/mol. The van der Waals surface area contributed by atoms with E-state index in [2.05, 4.69) is 10.4 Å². The minimum absolute atomic E-state index is 0.256. The smallest absolute Gasteiger partial charge is 0.419 e. The topological polar surface area (TPSA) is 112 Å². The SMILES string of the molecule is Cc1c(C(O)CNCc2cnn(-c3ccc4oc(=O)n(C)c4c3)c2)ccc2c1COC2=O. The van der Waals surface area contributed by atoms with Gasteiger partial charge in [0.05, 0.1) is 29.1 Å².